The van der Waals surface area contributed by atoms with Gasteiger partial charge in [0.1, 0.15) is 11.5 Å². The summed E-state index contributed by atoms with van der Waals surface area (Å²) < 4.78 is 42.8. The van der Waals surface area contributed by atoms with Gasteiger partial charge in [0.15, 0.2) is 6.61 Å². The summed E-state index contributed by atoms with van der Waals surface area (Å²) in [7, 11) is -2.21. The SMILES string of the molecule is COc1ccc(OCc2noc(CNS(=O)(=O)c3ccc(NC(C)=O)cc3)n2)cc1. The first-order valence-electron chi connectivity index (χ1n) is 8.81. The molecule has 11 heteroatoms. The van der Waals surface area contributed by atoms with Crippen molar-refractivity contribution < 1.29 is 27.2 Å². The Morgan fingerprint density at radius 1 is 1.07 bits per heavy atom. The van der Waals surface area contributed by atoms with Gasteiger partial charge in [-0.05, 0) is 48.5 Å². The Morgan fingerprint density at radius 2 is 1.73 bits per heavy atom. The van der Waals surface area contributed by atoms with Crippen molar-refractivity contribution in [3.05, 3.63) is 60.2 Å². The molecule has 0 atom stereocenters. The molecule has 3 aromatic rings. The molecule has 10 nitrogen and oxygen atoms in total. The van der Waals surface area contributed by atoms with Crippen molar-refractivity contribution in [2.75, 3.05) is 12.4 Å². The van der Waals surface area contributed by atoms with Gasteiger partial charge >= 0.3 is 0 Å². The van der Waals surface area contributed by atoms with E-state index in [1.54, 1.807) is 31.4 Å². The summed E-state index contributed by atoms with van der Waals surface area (Å²) in [5.74, 6) is 1.44. The number of hydrogen-bond acceptors (Lipinski definition) is 8. The maximum atomic E-state index is 12.4. The summed E-state index contributed by atoms with van der Waals surface area (Å²) in [5, 5.41) is 6.33. The van der Waals surface area contributed by atoms with E-state index in [-0.39, 0.29) is 35.7 Å². The number of benzene rings is 2. The van der Waals surface area contributed by atoms with Crippen LogP contribution in [0.2, 0.25) is 0 Å². The molecule has 0 spiro atoms. The number of anilines is 1. The van der Waals surface area contributed by atoms with E-state index in [1.165, 1.54) is 31.2 Å². The van der Waals surface area contributed by atoms with Crippen LogP contribution >= 0.6 is 0 Å². The highest BCUT2D eigenvalue weighted by Crippen LogP contribution is 2.18. The van der Waals surface area contributed by atoms with Crippen molar-refractivity contribution in [3.8, 4) is 11.5 Å². The molecule has 1 heterocycles. The lowest BCUT2D eigenvalue weighted by Gasteiger charge is -2.06. The lowest BCUT2D eigenvalue weighted by atomic mass is 10.3. The fourth-order valence-corrected chi connectivity index (χ4v) is 3.38. The molecule has 0 unspecified atom stereocenters. The summed E-state index contributed by atoms with van der Waals surface area (Å²) in [4.78, 5) is 15.2. The number of nitrogens with one attached hydrogen (secondary N) is 2. The van der Waals surface area contributed by atoms with E-state index in [4.69, 9.17) is 14.0 Å². The van der Waals surface area contributed by atoms with Crippen LogP contribution in [-0.4, -0.2) is 31.6 Å². The van der Waals surface area contributed by atoms with E-state index >= 15 is 0 Å². The van der Waals surface area contributed by atoms with Crippen LogP contribution in [0.4, 0.5) is 5.69 Å². The number of rotatable bonds is 9. The van der Waals surface area contributed by atoms with Crippen molar-refractivity contribution in [2.45, 2.75) is 25.0 Å². The average Bonchev–Trinajstić information content (AvgIpc) is 3.19. The second kappa shape index (κ2) is 9.37. The Kier molecular flexibility index (Phi) is 6.65. The quantitative estimate of drug-likeness (QED) is 0.525. The molecule has 0 saturated carbocycles. The molecule has 1 aromatic heterocycles. The molecule has 0 aliphatic carbocycles. The monoisotopic (exact) mass is 432 g/mol. The zero-order valence-corrected chi connectivity index (χ0v) is 17.1. The minimum absolute atomic E-state index is 0.0409. The van der Waals surface area contributed by atoms with Gasteiger partial charge < -0.3 is 19.3 Å². The van der Waals surface area contributed by atoms with E-state index in [2.05, 4.69) is 20.2 Å². The number of nitrogens with zero attached hydrogens (tertiary/aromatic N) is 2. The standard InChI is InChI=1S/C19H20N4O6S/c1-13(24)21-14-3-9-17(10-4-14)30(25,26)20-11-19-22-18(23-29-19)12-28-16-7-5-15(27-2)6-8-16/h3-10,20H,11-12H2,1-2H3,(H,21,24). The van der Waals surface area contributed by atoms with Gasteiger partial charge in [0.2, 0.25) is 27.6 Å². The smallest absolute Gasteiger partial charge is 0.241 e. The maximum Gasteiger partial charge on any atom is 0.241 e. The molecule has 30 heavy (non-hydrogen) atoms. The third kappa shape index (κ3) is 5.78. The highest BCUT2D eigenvalue weighted by Gasteiger charge is 2.16. The summed E-state index contributed by atoms with van der Waals surface area (Å²) in [6, 6.07) is 12.8. The van der Waals surface area contributed by atoms with Crippen molar-refractivity contribution in [1.29, 1.82) is 0 Å². The van der Waals surface area contributed by atoms with E-state index < -0.39 is 10.0 Å². The van der Waals surface area contributed by atoms with E-state index in [9.17, 15) is 13.2 Å². The topological polar surface area (TPSA) is 133 Å². The third-order valence-corrected chi connectivity index (χ3v) is 5.25. The van der Waals surface area contributed by atoms with Crippen LogP contribution in [0.5, 0.6) is 11.5 Å². The first-order valence-corrected chi connectivity index (χ1v) is 10.3. The molecule has 0 saturated heterocycles. The van der Waals surface area contributed by atoms with Crippen LogP contribution in [-0.2, 0) is 28.0 Å². The van der Waals surface area contributed by atoms with Gasteiger partial charge in [-0.1, -0.05) is 5.16 Å². The molecule has 2 aromatic carbocycles. The highest BCUT2D eigenvalue weighted by atomic mass is 32.2. The van der Waals surface area contributed by atoms with Crippen LogP contribution in [0.15, 0.2) is 57.9 Å². The molecule has 2 N–H and O–H groups in total. The molecule has 0 fully saturated rings. The molecule has 3 rings (SSSR count). The average molecular weight is 432 g/mol. The van der Waals surface area contributed by atoms with Gasteiger partial charge in [-0.25, -0.2) is 13.1 Å². The van der Waals surface area contributed by atoms with Crippen LogP contribution in [0.25, 0.3) is 0 Å². The highest BCUT2D eigenvalue weighted by molar-refractivity contribution is 7.89. The number of carbonyl (C=O) groups excluding carboxylic acids is 1. The molecule has 0 aliphatic heterocycles. The molecular weight excluding hydrogens is 412 g/mol. The van der Waals surface area contributed by atoms with Crippen molar-refractivity contribution in [2.24, 2.45) is 0 Å². The number of carbonyl (C=O) groups is 1. The van der Waals surface area contributed by atoms with E-state index in [0.717, 1.165) is 0 Å². The van der Waals surface area contributed by atoms with Gasteiger partial charge in [-0.2, -0.15) is 4.98 Å². The summed E-state index contributed by atoms with van der Waals surface area (Å²) >= 11 is 0. The number of methoxy groups -OCH3 is 1. The molecule has 0 aliphatic rings. The van der Waals surface area contributed by atoms with E-state index in [0.29, 0.717) is 17.2 Å². The fourth-order valence-electron chi connectivity index (χ4n) is 2.40. The lowest BCUT2D eigenvalue weighted by molar-refractivity contribution is -0.114. The van der Waals surface area contributed by atoms with Gasteiger partial charge in [-0.15, -0.1) is 0 Å². The molecule has 0 bridgehead atoms. The lowest BCUT2D eigenvalue weighted by Crippen LogP contribution is -2.23. The van der Waals surface area contributed by atoms with Gasteiger partial charge in [0.25, 0.3) is 0 Å². The third-order valence-electron chi connectivity index (χ3n) is 3.84. The Balaban J connectivity index is 1.54. The van der Waals surface area contributed by atoms with Gasteiger partial charge in [-0.3, -0.25) is 4.79 Å². The Bertz CT molecular complexity index is 1090. The Morgan fingerprint density at radius 3 is 2.37 bits per heavy atom. The first-order chi connectivity index (χ1) is 14.4. The zero-order valence-electron chi connectivity index (χ0n) is 16.3. The first kappa shape index (κ1) is 21.3. The number of ether oxygens (including phenoxy) is 2. The van der Waals surface area contributed by atoms with Crippen molar-refractivity contribution >= 4 is 21.6 Å². The minimum atomic E-state index is -3.79. The Labute approximate surface area is 173 Å². The minimum Gasteiger partial charge on any atom is -0.497 e. The molecule has 0 radical (unpaired) electrons. The Hall–Kier alpha value is -3.44. The number of aromatic nitrogens is 2. The predicted octanol–water partition coefficient (Wildman–Crippen LogP) is 2.09. The maximum absolute atomic E-state index is 12.4. The number of sulfonamides is 1. The summed E-state index contributed by atoms with van der Waals surface area (Å²) in [6.07, 6.45) is 0. The van der Waals surface area contributed by atoms with Crippen LogP contribution < -0.4 is 19.5 Å². The largest absolute Gasteiger partial charge is 0.497 e. The van der Waals surface area contributed by atoms with Gasteiger partial charge in [0, 0.05) is 12.6 Å². The van der Waals surface area contributed by atoms with Crippen LogP contribution in [0.3, 0.4) is 0 Å². The number of amides is 1. The van der Waals surface area contributed by atoms with Crippen LogP contribution in [0, 0.1) is 0 Å². The summed E-state index contributed by atoms with van der Waals surface area (Å²) in [5.41, 5.74) is 0.500. The predicted molar refractivity (Wildman–Crippen MR) is 106 cm³/mol. The zero-order chi connectivity index (χ0) is 21.6. The normalized spacial score (nSPS) is 11.1. The van der Waals surface area contributed by atoms with Gasteiger partial charge in [0.05, 0.1) is 18.6 Å². The van der Waals surface area contributed by atoms with Crippen molar-refractivity contribution in [1.82, 2.24) is 14.9 Å². The molecule has 158 valence electrons. The van der Waals surface area contributed by atoms with Crippen LogP contribution in [0.1, 0.15) is 18.6 Å². The van der Waals surface area contributed by atoms with Crippen molar-refractivity contribution in [3.63, 3.8) is 0 Å². The molecular formula is C19H20N4O6S. The fraction of sp³-hybridized carbons (Fsp3) is 0.211. The summed E-state index contributed by atoms with van der Waals surface area (Å²) in [6.45, 7) is 1.26. The second-order valence-corrected chi connectivity index (χ2v) is 7.87. The molecule has 1 amide bonds. The second-order valence-electron chi connectivity index (χ2n) is 6.10. The van der Waals surface area contributed by atoms with E-state index in [1.807, 2.05) is 0 Å². The number of hydrogen-bond donors (Lipinski definition) is 2.